The summed E-state index contributed by atoms with van der Waals surface area (Å²) < 4.78 is 4.97. The van der Waals surface area contributed by atoms with Gasteiger partial charge in [-0.15, -0.1) is 0 Å². The second-order valence-corrected chi connectivity index (χ2v) is 4.32. The summed E-state index contributed by atoms with van der Waals surface area (Å²) in [5.41, 5.74) is 9.81. The molecule has 0 unspecified atom stereocenters. The van der Waals surface area contributed by atoms with Crippen LogP contribution in [0, 0.1) is 6.92 Å². The van der Waals surface area contributed by atoms with Gasteiger partial charge in [0.25, 0.3) is 0 Å². The van der Waals surface area contributed by atoms with E-state index in [4.69, 9.17) is 10.3 Å². The Morgan fingerprint density at radius 3 is 2.47 bits per heavy atom. The Morgan fingerprint density at radius 2 is 1.94 bits per heavy atom. The van der Waals surface area contributed by atoms with Crippen LogP contribution in [-0.4, -0.2) is 5.16 Å². The second kappa shape index (κ2) is 5.04. The van der Waals surface area contributed by atoms with Crippen molar-refractivity contribution in [1.29, 1.82) is 0 Å². The number of anilines is 1. The van der Waals surface area contributed by atoms with E-state index in [0.29, 0.717) is 5.88 Å². The van der Waals surface area contributed by atoms with Gasteiger partial charge in [0.05, 0.1) is 0 Å². The van der Waals surface area contributed by atoms with Crippen LogP contribution in [0.1, 0.15) is 30.9 Å². The lowest BCUT2D eigenvalue weighted by atomic mass is 10.0. The monoisotopic (exact) mass is 230 g/mol. The van der Waals surface area contributed by atoms with Crippen LogP contribution in [0.3, 0.4) is 0 Å². The standard InChI is InChI=1S/C14H18N2O/c1-3-4-5-11-6-8-12(9-7-11)13-10(2)14(15)17-16-13/h6-9H,3-5,15H2,1-2H3. The molecule has 0 aliphatic heterocycles. The first-order valence-electron chi connectivity index (χ1n) is 6.03. The van der Waals surface area contributed by atoms with Crippen molar-refractivity contribution in [3.63, 3.8) is 0 Å². The van der Waals surface area contributed by atoms with Crippen LogP contribution >= 0.6 is 0 Å². The molecule has 0 atom stereocenters. The lowest BCUT2D eigenvalue weighted by molar-refractivity contribution is 0.439. The van der Waals surface area contributed by atoms with Crippen LogP contribution in [0.2, 0.25) is 0 Å². The van der Waals surface area contributed by atoms with Crippen molar-refractivity contribution in [2.24, 2.45) is 0 Å². The highest BCUT2D eigenvalue weighted by Gasteiger charge is 2.10. The molecule has 0 spiro atoms. The van der Waals surface area contributed by atoms with Gasteiger partial charge in [-0.3, -0.25) is 0 Å². The molecule has 0 aliphatic rings. The molecule has 2 N–H and O–H groups in total. The van der Waals surface area contributed by atoms with Gasteiger partial charge in [-0.2, -0.15) is 0 Å². The summed E-state index contributed by atoms with van der Waals surface area (Å²) in [6, 6.07) is 8.45. The third-order valence-corrected chi connectivity index (χ3v) is 3.01. The first-order chi connectivity index (χ1) is 8.22. The van der Waals surface area contributed by atoms with Crippen molar-refractivity contribution in [2.75, 3.05) is 5.73 Å². The molecular weight excluding hydrogens is 212 g/mol. The van der Waals surface area contributed by atoms with Gasteiger partial charge in [0, 0.05) is 11.1 Å². The third-order valence-electron chi connectivity index (χ3n) is 3.01. The molecule has 90 valence electrons. The van der Waals surface area contributed by atoms with Crippen LogP contribution in [-0.2, 0) is 6.42 Å². The lowest BCUT2D eigenvalue weighted by Crippen LogP contribution is -1.87. The number of benzene rings is 1. The van der Waals surface area contributed by atoms with Crippen LogP contribution in [0.25, 0.3) is 11.3 Å². The maximum Gasteiger partial charge on any atom is 0.225 e. The zero-order valence-electron chi connectivity index (χ0n) is 10.4. The van der Waals surface area contributed by atoms with Gasteiger partial charge >= 0.3 is 0 Å². The highest BCUT2D eigenvalue weighted by Crippen LogP contribution is 2.26. The van der Waals surface area contributed by atoms with Crippen molar-refractivity contribution in [3.8, 4) is 11.3 Å². The SMILES string of the molecule is CCCCc1ccc(-c2noc(N)c2C)cc1. The largest absolute Gasteiger partial charge is 0.367 e. The first-order valence-corrected chi connectivity index (χ1v) is 6.03. The summed E-state index contributed by atoms with van der Waals surface area (Å²) in [7, 11) is 0. The summed E-state index contributed by atoms with van der Waals surface area (Å²) in [5, 5.41) is 3.98. The van der Waals surface area contributed by atoms with Crippen LogP contribution < -0.4 is 5.73 Å². The Bertz CT molecular complexity index is 485. The van der Waals surface area contributed by atoms with E-state index >= 15 is 0 Å². The van der Waals surface area contributed by atoms with Crippen molar-refractivity contribution in [2.45, 2.75) is 33.1 Å². The molecule has 2 rings (SSSR count). The number of aryl methyl sites for hydroxylation is 1. The van der Waals surface area contributed by atoms with Gasteiger partial charge in [0.15, 0.2) is 0 Å². The molecule has 0 fully saturated rings. The zero-order valence-corrected chi connectivity index (χ0v) is 10.4. The molecule has 2 aromatic rings. The number of aromatic nitrogens is 1. The van der Waals surface area contributed by atoms with E-state index in [1.54, 1.807) is 0 Å². The highest BCUT2D eigenvalue weighted by molar-refractivity contribution is 5.66. The second-order valence-electron chi connectivity index (χ2n) is 4.32. The molecule has 1 aromatic heterocycles. The maximum absolute atomic E-state index is 5.64. The van der Waals surface area contributed by atoms with Crippen LogP contribution in [0.4, 0.5) is 5.88 Å². The number of hydrogen-bond acceptors (Lipinski definition) is 3. The third kappa shape index (κ3) is 2.49. The van der Waals surface area contributed by atoms with E-state index in [2.05, 4.69) is 36.3 Å². The van der Waals surface area contributed by atoms with E-state index in [1.165, 1.54) is 18.4 Å². The van der Waals surface area contributed by atoms with E-state index < -0.39 is 0 Å². The Kier molecular flexibility index (Phi) is 3.47. The molecule has 3 heteroatoms. The average Bonchev–Trinajstić information content (AvgIpc) is 2.68. The van der Waals surface area contributed by atoms with Crippen LogP contribution in [0.15, 0.2) is 28.8 Å². The number of nitrogens with zero attached hydrogens (tertiary/aromatic N) is 1. The molecule has 0 saturated carbocycles. The molecule has 1 aromatic carbocycles. The fraction of sp³-hybridized carbons (Fsp3) is 0.357. The van der Waals surface area contributed by atoms with Crippen molar-refractivity contribution < 1.29 is 4.52 Å². The van der Waals surface area contributed by atoms with Gasteiger partial charge in [-0.05, 0) is 25.3 Å². The smallest absolute Gasteiger partial charge is 0.225 e. The Labute approximate surface area is 102 Å². The fourth-order valence-corrected chi connectivity index (χ4v) is 1.83. The van der Waals surface area contributed by atoms with E-state index in [0.717, 1.165) is 23.2 Å². The van der Waals surface area contributed by atoms with Crippen LogP contribution in [0.5, 0.6) is 0 Å². The molecule has 3 nitrogen and oxygen atoms in total. The van der Waals surface area contributed by atoms with Crippen molar-refractivity contribution in [3.05, 3.63) is 35.4 Å². The lowest BCUT2D eigenvalue weighted by Gasteiger charge is -2.02. The molecule has 0 saturated heterocycles. The predicted octanol–water partition coefficient (Wildman–Crippen LogP) is 3.57. The number of nitrogen functional groups attached to an aromatic ring is 1. The number of rotatable bonds is 4. The fourth-order valence-electron chi connectivity index (χ4n) is 1.83. The van der Waals surface area contributed by atoms with Gasteiger partial charge in [0.2, 0.25) is 5.88 Å². The van der Waals surface area contributed by atoms with Gasteiger partial charge in [0.1, 0.15) is 5.69 Å². The van der Waals surface area contributed by atoms with Crippen molar-refractivity contribution >= 4 is 5.88 Å². The maximum atomic E-state index is 5.64. The number of nitrogens with two attached hydrogens (primary N) is 1. The molecule has 0 bridgehead atoms. The summed E-state index contributed by atoms with van der Waals surface area (Å²) in [6.45, 7) is 4.13. The summed E-state index contributed by atoms with van der Waals surface area (Å²) in [4.78, 5) is 0. The summed E-state index contributed by atoms with van der Waals surface area (Å²) in [6.07, 6.45) is 3.59. The molecular formula is C14H18N2O. The number of unbranched alkanes of at least 4 members (excludes halogenated alkanes) is 1. The summed E-state index contributed by atoms with van der Waals surface area (Å²) in [5.74, 6) is 0.398. The van der Waals surface area contributed by atoms with Gasteiger partial charge in [-0.1, -0.05) is 42.8 Å². The van der Waals surface area contributed by atoms with Gasteiger partial charge < -0.3 is 10.3 Å². The molecule has 0 amide bonds. The normalized spacial score (nSPS) is 10.7. The molecule has 0 aliphatic carbocycles. The molecule has 17 heavy (non-hydrogen) atoms. The average molecular weight is 230 g/mol. The van der Waals surface area contributed by atoms with E-state index in [1.807, 2.05) is 6.92 Å². The zero-order chi connectivity index (χ0) is 12.3. The minimum absolute atomic E-state index is 0.398. The van der Waals surface area contributed by atoms with Gasteiger partial charge in [-0.25, -0.2) is 0 Å². The van der Waals surface area contributed by atoms with Crippen molar-refractivity contribution in [1.82, 2.24) is 5.16 Å². The Balaban J connectivity index is 2.20. The predicted molar refractivity (Wildman–Crippen MR) is 69.7 cm³/mol. The first kappa shape index (κ1) is 11.7. The van der Waals surface area contributed by atoms with E-state index in [-0.39, 0.29) is 0 Å². The summed E-state index contributed by atoms with van der Waals surface area (Å²) >= 11 is 0. The Hall–Kier alpha value is -1.77. The molecule has 0 radical (unpaired) electrons. The quantitative estimate of drug-likeness (QED) is 0.873. The topological polar surface area (TPSA) is 52.0 Å². The highest BCUT2D eigenvalue weighted by atomic mass is 16.5. The minimum atomic E-state index is 0.398. The molecule has 1 heterocycles. The minimum Gasteiger partial charge on any atom is -0.367 e. The van der Waals surface area contributed by atoms with E-state index in [9.17, 15) is 0 Å². The Morgan fingerprint density at radius 1 is 1.24 bits per heavy atom. The number of hydrogen-bond donors (Lipinski definition) is 1.